The van der Waals surface area contributed by atoms with Crippen LogP contribution in [0.1, 0.15) is 16.7 Å². The molecule has 2 amide bonds. The Balaban J connectivity index is 1.56. The van der Waals surface area contributed by atoms with Gasteiger partial charge in [-0.15, -0.1) is 0 Å². The number of ether oxygens (including phenoxy) is 1. The number of amides is 2. The van der Waals surface area contributed by atoms with Crippen molar-refractivity contribution in [2.45, 2.75) is 19.5 Å². The number of carbonyl (C=O) groups excluding carboxylic acids is 2. The molecule has 1 heterocycles. The van der Waals surface area contributed by atoms with Crippen LogP contribution in [-0.2, 0) is 29.1 Å². The van der Waals surface area contributed by atoms with Crippen molar-refractivity contribution < 1.29 is 14.3 Å². The largest absolute Gasteiger partial charge is 0.497 e. The second-order valence-corrected chi connectivity index (χ2v) is 5.78. The van der Waals surface area contributed by atoms with E-state index in [1.807, 2.05) is 42.5 Å². The van der Waals surface area contributed by atoms with Gasteiger partial charge in [-0.2, -0.15) is 0 Å². The second-order valence-electron chi connectivity index (χ2n) is 5.78. The number of hydrogen-bond donors (Lipinski definition) is 1. The number of fused-ring (bicyclic) bond motifs is 1. The van der Waals surface area contributed by atoms with Crippen LogP contribution in [0.5, 0.6) is 5.75 Å². The van der Waals surface area contributed by atoms with Gasteiger partial charge in [0.25, 0.3) is 0 Å². The van der Waals surface area contributed by atoms with Crippen LogP contribution in [0, 0.1) is 0 Å². The van der Waals surface area contributed by atoms with Gasteiger partial charge < -0.3 is 15.0 Å². The molecule has 124 valence electrons. The van der Waals surface area contributed by atoms with Crippen molar-refractivity contribution in [1.29, 1.82) is 0 Å². The molecule has 0 unspecified atom stereocenters. The standard InChI is InChI=1S/C19H20N2O3/c1-24-17-8-6-14(7-9-17)12-20-18(22)19(23)21-11-10-15-4-2-3-5-16(15)13-21/h2-9H,10-13H2,1H3,(H,20,22). The molecule has 0 aromatic heterocycles. The summed E-state index contributed by atoms with van der Waals surface area (Å²) in [5, 5.41) is 2.69. The van der Waals surface area contributed by atoms with Gasteiger partial charge in [-0.3, -0.25) is 9.59 Å². The minimum Gasteiger partial charge on any atom is -0.497 e. The van der Waals surface area contributed by atoms with Gasteiger partial charge in [-0.05, 0) is 35.2 Å². The average molecular weight is 324 g/mol. The third-order valence-electron chi connectivity index (χ3n) is 4.22. The fourth-order valence-corrected chi connectivity index (χ4v) is 2.81. The highest BCUT2D eigenvalue weighted by molar-refractivity contribution is 6.34. The first-order chi connectivity index (χ1) is 11.7. The van der Waals surface area contributed by atoms with Crippen LogP contribution in [0.2, 0.25) is 0 Å². The monoisotopic (exact) mass is 324 g/mol. The van der Waals surface area contributed by atoms with Crippen molar-refractivity contribution in [2.24, 2.45) is 0 Å². The number of methoxy groups -OCH3 is 1. The lowest BCUT2D eigenvalue weighted by molar-refractivity contribution is -0.146. The summed E-state index contributed by atoms with van der Waals surface area (Å²) >= 11 is 0. The predicted molar refractivity (Wildman–Crippen MR) is 90.4 cm³/mol. The normalized spacial score (nSPS) is 13.1. The summed E-state index contributed by atoms with van der Waals surface area (Å²) in [5.41, 5.74) is 3.28. The third-order valence-corrected chi connectivity index (χ3v) is 4.22. The van der Waals surface area contributed by atoms with E-state index in [1.165, 1.54) is 5.56 Å². The molecular formula is C19H20N2O3. The maximum atomic E-state index is 12.3. The Hall–Kier alpha value is -2.82. The number of nitrogens with one attached hydrogen (secondary N) is 1. The molecule has 0 saturated heterocycles. The van der Waals surface area contributed by atoms with Crippen molar-refractivity contribution in [2.75, 3.05) is 13.7 Å². The molecule has 1 N–H and O–H groups in total. The minimum atomic E-state index is -0.565. The van der Waals surface area contributed by atoms with Gasteiger partial charge >= 0.3 is 11.8 Å². The molecule has 0 atom stereocenters. The molecule has 5 heteroatoms. The molecule has 2 aromatic rings. The summed E-state index contributed by atoms with van der Waals surface area (Å²) in [6.45, 7) is 1.38. The van der Waals surface area contributed by atoms with Gasteiger partial charge in [0, 0.05) is 19.6 Å². The molecule has 24 heavy (non-hydrogen) atoms. The molecule has 0 bridgehead atoms. The minimum absolute atomic E-state index is 0.318. The van der Waals surface area contributed by atoms with Crippen LogP contribution in [0.15, 0.2) is 48.5 Å². The summed E-state index contributed by atoms with van der Waals surface area (Å²) in [6, 6.07) is 15.4. The first-order valence-electron chi connectivity index (χ1n) is 7.94. The molecule has 1 aliphatic rings. The van der Waals surface area contributed by atoms with Crippen molar-refractivity contribution in [3.63, 3.8) is 0 Å². The van der Waals surface area contributed by atoms with E-state index in [0.717, 1.165) is 23.3 Å². The van der Waals surface area contributed by atoms with E-state index in [0.29, 0.717) is 19.6 Å². The van der Waals surface area contributed by atoms with E-state index in [1.54, 1.807) is 12.0 Å². The maximum Gasteiger partial charge on any atom is 0.312 e. The van der Waals surface area contributed by atoms with Crippen LogP contribution in [0.4, 0.5) is 0 Å². The molecule has 0 saturated carbocycles. The lowest BCUT2D eigenvalue weighted by Crippen LogP contribution is -2.44. The summed E-state index contributed by atoms with van der Waals surface area (Å²) in [6.07, 6.45) is 0.785. The first-order valence-corrected chi connectivity index (χ1v) is 7.94. The van der Waals surface area contributed by atoms with Crippen molar-refractivity contribution in [1.82, 2.24) is 10.2 Å². The molecule has 0 spiro atoms. The van der Waals surface area contributed by atoms with Crippen molar-refractivity contribution >= 4 is 11.8 Å². The summed E-state index contributed by atoms with van der Waals surface area (Å²) in [5.74, 6) is -0.281. The van der Waals surface area contributed by atoms with Gasteiger partial charge in [0.15, 0.2) is 0 Å². The highest BCUT2D eigenvalue weighted by Gasteiger charge is 2.25. The Morgan fingerprint density at radius 1 is 1.08 bits per heavy atom. The van der Waals surface area contributed by atoms with Gasteiger partial charge in [-0.25, -0.2) is 0 Å². The molecular weight excluding hydrogens is 304 g/mol. The third kappa shape index (κ3) is 3.56. The zero-order valence-electron chi connectivity index (χ0n) is 13.6. The molecule has 2 aromatic carbocycles. The van der Waals surface area contributed by atoms with E-state index >= 15 is 0 Å². The number of benzene rings is 2. The number of rotatable bonds is 3. The first kappa shape index (κ1) is 16.1. The molecule has 0 fully saturated rings. The Labute approximate surface area is 141 Å². The summed E-state index contributed by atoms with van der Waals surface area (Å²) in [4.78, 5) is 26.1. The molecule has 0 aliphatic carbocycles. The average Bonchev–Trinajstić information content (AvgIpc) is 2.65. The topological polar surface area (TPSA) is 58.6 Å². The zero-order valence-corrected chi connectivity index (χ0v) is 13.6. The number of hydrogen-bond acceptors (Lipinski definition) is 3. The molecule has 0 radical (unpaired) electrons. The zero-order chi connectivity index (χ0) is 16.9. The Bertz CT molecular complexity index is 741. The Morgan fingerprint density at radius 3 is 2.50 bits per heavy atom. The number of nitrogens with zero attached hydrogens (tertiary/aromatic N) is 1. The Kier molecular flexibility index (Phi) is 4.79. The van der Waals surface area contributed by atoms with Crippen LogP contribution >= 0.6 is 0 Å². The lowest BCUT2D eigenvalue weighted by atomic mass is 10.00. The molecule has 1 aliphatic heterocycles. The van der Waals surface area contributed by atoms with E-state index in [-0.39, 0.29) is 0 Å². The fraction of sp³-hybridized carbons (Fsp3) is 0.263. The highest BCUT2D eigenvalue weighted by Crippen LogP contribution is 2.18. The maximum absolute atomic E-state index is 12.3. The molecule has 3 rings (SSSR count). The summed E-state index contributed by atoms with van der Waals surface area (Å²) < 4.78 is 5.09. The van der Waals surface area contributed by atoms with Crippen LogP contribution < -0.4 is 10.1 Å². The van der Waals surface area contributed by atoms with Crippen LogP contribution in [0.3, 0.4) is 0 Å². The van der Waals surface area contributed by atoms with Crippen molar-refractivity contribution in [3.8, 4) is 5.75 Å². The molecule has 5 nitrogen and oxygen atoms in total. The van der Waals surface area contributed by atoms with Crippen LogP contribution in [-0.4, -0.2) is 30.4 Å². The van der Waals surface area contributed by atoms with Gasteiger partial charge in [-0.1, -0.05) is 36.4 Å². The SMILES string of the molecule is COc1ccc(CNC(=O)C(=O)N2CCc3ccccc3C2)cc1. The second kappa shape index (κ2) is 7.17. The predicted octanol–water partition coefficient (Wildman–Crippen LogP) is 1.90. The Morgan fingerprint density at radius 2 is 1.79 bits per heavy atom. The van der Waals surface area contributed by atoms with Crippen LogP contribution in [0.25, 0.3) is 0 Å². The van der Waals surface area contributed by atoms with E-state index in [4.69, 9.17) is 4.74 Å². The quantitative estimate of drug-likeness (QED) is 0.877. The fourth-order valence-electron chi connectivity index (χ4n) is 2.81. The highest BCUT2D eigenvalue weighted by atomic mass is 16.5. The summed E-state index contributed by atoms with van der Waals surface area (Å²) in [7, 11) is 1.60. The van der Waals surface area contributed by atoms with E-state index in [2.05, 4.69) is 11.4 Å². The van der Waals surface area contributed by atoms with E-state index in [9.17, 15) is 9.59 Å². The number of carbonyl (C=O) groups is 2. The van der Waals surface area contributed by atoms with E-state index < -0.39 is 11.8 Å². The van der Waals surface area contributed by atoms with Gasteiger partial charge in [0.05, 0.1) is 7.11 Å². The van der Waals surface area contributed by atoms with Crippen molar-refractivity contribution in [3.05, 3.63) is 65.2 Å². The van der Waals surface area contributed by atoms with Gasteiger partial charge in [0.1, 0.15) is 5.75 Å². The lowest BCUT2D eigenvalue weighted by Gasteiger charge is -2.28. The van der Waals surface area contributed by atoms with Gasteiger partial charge in [0.2, 0.25) is 0 Å². The smallest absolute Gasteiger partial charge is 0.312 e.